The molecule has 1 heterocycles. The second kappa shape index (κ2) is 8.02. The summed E-state index contributed by atoms with van der Waals surface area (Å²) in [5.41, 5.74) is 2.41. The van der Waals surface area contributed by atoms with Gasteiger partial charge in [-0.15, -0.1) is 0 Å². The molecule has 0 aliphatic carbocycles. The van der Waals surface area contributed by atoms with Gasteiger partial charge in [0, 0.05) is 11.9 Å². The maximum atomic E-state index is 12.5. The van der Waals surface area contributed by atoms with Crippen molar-refractivity contribution in [2.45, 2.75) is 0 Å². The van der Waals surface area contributed by atoms with Gasteiger partial charge in [0.05, 0.1) is 25.6 Å². The second-order valence-corrected chi connectivity index (χ2v) is 5.41. The van der Waals surface area contributed by atoms with Crippen LogP contribution in [0.4, 0.5) is 17.1 Å². The zero-order valence-corrected chi connectivity index (χ0v) is 14.5. The fourth-order valence-corrected chi connectivity index (χ4v) is 2.47. The number of methoxy groups -OCH3 is 2. The number of hydrogen-bond donors (Lipinski definition) is 2. The molecule has 1 aromatic heterocycles. The van der Waals surface area contributed by atoms with E-state index in [0.717, 1.165) is 11.4 Å². The van der Waals surface area contributed by atoms with Gasteiger partial charge < -0.3 is 20.1 Å². The van der Waals surface area contributed by atoms with Crippen LogP contribution in [0.15, 0.2) is 66.9 Å². The average molecular weight is 349 g/mol. The summed E-state index contributed by atoms with van der Waals surface area (Å²) in [7, 11) is 3.17. The van der Waals surface area contributed by atoms with Crippen molar-refractivity contribution in [1.29, 1.82) is 0 Å². The fourth-order valence-electron chi connectivity index (χ4n) is 2.47. The third-order valence-corrected chi connectivity index (χ3v) is 3.73. The average Bonchev–Trinajstić information content (AvgIpc) is 2.69. The number of anilines is 3. The van der Waals surface area contributed by atoms with E-state index in [9.17, 15) is 4.79 Å². The summed E-state index contributed by atoms with van der Waals surface area (Å²) < 4.78 is 10.6. The first kappa shape index (κ1) is 17.3. The van der Waals surface area contributed by atoms with Gasteiger partial charge in [-0.3, -0.25) is 9.78 Å². The molecule has 3 aromatic rings. The number of para-hydroxylation sites is 4. The SMILES string of the molecule is COc1ccccc1NC(=O)c1cc(Nc2ccccc2OC)ccn1. The van der Waals surface area contributed by atoms with Crippen LogP contribution in [0.2, 0.25) is 0 Å². The van der Waals surface area contributed by atoms with Crippen LogP contribution in [0.3, 0.4) is 0 Å². The van der Waals surface area contributed by atoms with Crippen molar-refractivity contribution in [3.8, 4) is 11.5 Å². The van der Waals surface area contributed by atoms with E-state index >= 15 is 0 Å². The highest BCUT2D eigenvalue weighted by atomic mass is 16.5. The van der Waals surface area contributed by atoms with E-state index in [4.69, 9.17) is 9.47 Å². The van der Waals surface area contributed by atoms with Crippen LogP contribution in [-0.4, -0.2) is 25.1 Å². The van der Waals surface area contributed by atoms with E-state index in [1.54, 1.807) is 44.7 Å². The molecule has 0 saturated heterocycles. The lowest BCUT2D eigenvalue weighted by molar-refractivity contribution is 0.102. The van der Waals surface area contributed by atoms with E-state index in [1.807, 2.05) is 36.4 Å². The van der Waals surface area contributed by atoms with Crippen LogP contribution in [0, 0.1) is 0 Å². The predicted octanol–water partition coefficient (Wildman–Crippen LogP) is 4.09. The summed E-state index contributed by atoms with van der Waals surface area (Å²) in [6.45, 7) is 0. The highest BCUT2D eigenvalue weighted by molar-refractivity contribution is 6.04. The topological polar surface area (TPSA) is 72.5 Å². The van der Waals surface area contributed by atoms with Gasteiger partial charge in [-0.1, -0.05) is 24.3 Å². The van der Waals surface area contributed by atoms with Gasteiger partial charge in [-0.2, -0.15) is 0 Å². The monoisotopic (exact) mass is 349 g/mol. The minimum atomic E-state index is -0.321. The number of nitrogens with one attached hydrogen (secondary N) is 2. The summed E-state index contributed by atoms with van der Waals surface area (Å²) in [5, 5.41) is 6.05. The van der Waals surface area contributed by atoms with Crippen molar-refractivity contribution in [2.24, 2.45) is 0 Å². The Morgan fingerprint density at radius 3 is 2.19 bits per heavy atom. The van der Waals surface area contributed by atoms with Gasteiger partial charge in [0.1, 0.15) is 17.2 Å². The van der Waals surface area contributed by atoms with Crippen LogP contribution in [-0.2, 0) is 0 Å². The lowest BCUT2D eigenvalue weighted by Gasteiger charge is -2.12. The summed E-state index contributed by atoms with van der Waals surface area (Å²) in [4.78, 5) is 16.7. The molecule has 0 aliphatic heterocycles. The zero-order chi connectivity index (χ0) is 18.4. The molecule has 3 rings (SSSR count). The molecule has 0 fully saturated rings. The maximum Gasteiger partial charge on any atom is 0.274 e. The molecule has 26 heavy (non-hydrogen) atoms. The minimum Gasteiger partial charge on any atom is -0.495 e. The molecule has 0 saturated carbocycles. The number of carbonyl (C=O) groups is 1. The van der Waals surface area contributed by atoms with Crippen molar-refractivity contribution < 1.29 is 14.3 Å². The predicted molar refractivity (Wildman–Crippen MR) is 101 cm³/mol. The first-order valence-electron chi connectivity index (χ1n) is 8.01. The lowest BCUT2D eigenvalue weighted by atomic mass is 10.2. The van der Waals surface area contributed by atoms with E-state index in [0.29, 0.717) is 17.2 Å². The molecular weight excluding hydrogens is 330 g/mol. The molecule has 0 spiro atoms. The Balaban J connectivity index is 1.79. The van der Waals surface area contributed by atoms with Gasteiger partial charge in [-0.05, 0) is 36.4 Å². The Morgan fingerprint density at radius 1 is 0.885 bits per heavy atom. The Kier molecular flexibility index (Phi) is 5.34. The molecule has 0 aliphatic rings. The molecule has 0 radical (unpaired) electrons. The first-order valence-corrected chi connectivity index (χ1v) is 8.01. The van der Waals surface area contributed by atoms with E-state index < -0.39 is 0 Å². The summed E-state index contributed by atoms with van der Waals surface area (Å²) in [6.07, 6.45) is 1.58. The van der Waals surface area contributed by atoms with Crippen molar-refractivity contribution in [3.05, 3.63) is 72.6 Å². The molecule has 2 aromatic carbocycles. The highest BCUT2D eigenvalue weighted by Gasteiger charge is 2.12. The summed E-state index contributed by atoms with van der Waals surface area (Å²) in [6, 6.07) is 18.2. The molecule has 6 nitrogen and oxygen atoms in total. The zero-order valence-electron chi connectivity index (χ0n) is 14.5. The van der Waals surface area contributed by atoms with E-state index in [1.165, 1.54) is 0 Å². The highest BCUT2D eigenvalue weighted by Crippen LogP contribution is 2.27. The Labute approximate surface area is 151 Å². The lowest BCUT2D eigenvalue weighted by Crippen LogP contribution is -2.14. The largest absolute Gasteiger partial charge is 0.495 e. The number of nitrogens with zero attached hydrogens (tertiary/aromatic N) is 1. The van der Waals surface area contributed by atoms with Crippen molar-refractivity contribution >= 4 is 23.0 Å². The van der Waals surface area contributed by atoms with Crippen molar-refractivity contribution in [3.63, 3.8) is 0 Å². The smallest absolute Gasteiger partial charge is 0.274 e. The Morgan fingerprint density at radius 2 is 1.50 bits per heavy atom. The van der Waals surface area contributed by atoms with E-state index in [2.05, 4.69) is 15.6 Å². The normalized spacial score (nSPS) is 10.1. The molecule has 6 heteroatoms. The minimum absolute atomic E-state index is 0.288. The standard InChI is InChI=1S/C20H19N3O3/c1-25-18-9-5-3-7-15(18)22-14-11-12-21-17(13-14)20(24)23-16-8-4-6-10-19(16)26-2/h3-13H,1-2H3,(H,21,22)(H,23,24). The molecule has 0 bridgehead atoms. The summed E-state index contributed by atoms with van der Waals surface area (Å²) >= 11 is 0. The number of ether oxygens (including phenoxy) is 2. The molecule has 1 amide bonds. The first-order chi connectivity index (χ1) is 12.7. The number of hydrogen-bond acceptors (Lipinski definition) is 5. The van der Waals surface area contributed by atoms with Gasteiger partial charge in [0.15, 0.2) is 0 Å². The number of carbonyl (C=O) groups excluding carboxylic acids is 1. The fraction of sp³-hybridized carbons (Fsp3) is 0.100. The molecule has 0 unspecified atom stereocenters. The van der Waals surface area contributed by atoms with Crippen LogP contribution in [0.5, 0.6) is 11.5 Å². The van der Waals surface area contributed by atoms with Crippen molar-refractivity contribution in [2.75, 3.05) is 24.9 Å². The maximum absolute atomic E-state index is 12.5. The molecule has 0 atom stereocenters. The Hall–Kier alpha value is -3.54. The third-order valence-electron chi connectivity index (χ3n) is 3.73. The van der Waals surface area contributed by atoms with Gasteiger partial charge >= 0.3 is 0 Å². The molecule has 2 N–H and O–H groups in total. The number of aromatic nitrogens is 1. The van der Waals surface area contributed by atoms with Crippen molar-refractivity contribution in [1.82, 2.24) is 4.98 Å². The van der Waals surface area contributed by atoms with Crippen LogP contribution < -0.4 is 20.1 Å². The molecule has 132 valence electrons. The number of rotatable bonds is 6. The number of benzene rings is 2. The third kappa shape index (κ3) is 3.92. The summed E-state index contributed by atoms with van der Waals surface area (Å²) in [5.74, 6) is 0.978. The molecular formula is C20H19N3O3. The second-order valence-electron chi connectivity index (χ2n) is 5.41. The van der Waals surface area contributed by atoms with Crippen LogP contribution in [0.1, 0.15) is 10.5 Å². The van der Waals surface area contributed by atoms with Crippen LogP contribution >= 0.6 is 0 Å². The number of amides is 1. The van der Waals surface area contributed by atoms with Gasteiger partial charge in [0.2, 0.25) is 0 Å². The van der Waals surface area contributed by atoms with Crippen LogP contribution in [0.25, 0.3) is 0 Å². The Bertz CT molecular complexity index is 912. The van der Waals surface area contributed by atoms with E-state index in [-0.39, 0.29) is 11.6 Å². The van der Waals surface area contributed by atoms with Gasteiger partial charge in [0.25, 0.3) is 5.91 Å². The quantitative estimate of drug-likeness (QED) is 0.701. The number of pyridine rings is 1. The van der Waals surface area contributed by atoms with Gasteiger partial charge in [-0.25, -0.2) is 0 Å².